The Hall–Kier alpha value is -1.83. The van der Waals surface area contributed by atoms with Crippen LogP contribution >= 0.6 is 0 Å². The Kier molecular flexibility index (Phi) is 2.98. The van der Waals surface area contributed by atoms with Crippen molar-refractivity contribution in [3.05, 3.63) is 53.7 Å². The summed E-state index contributed by atoms with van der Waals surface area (Å²) in [5.41, 5.74) is 2.04. The molecule has 1 aromatic carbocycles. The zero-order chi connectivity index (χ0) is 10.5. The number of carbonyl (C=O) groups excluding carboxylic acids is 1. The second-order valence-corrected chi connectivity index (χ2v) is 3.49. The standard InChI is InChI=1S/C13H13NO/c15-13-8-4-7-12(14-13)10-9-11-5-2-1-3-6-11/h1-3,5-7,9-10H,4,8H2,(H,14,15)/b10-9+. The van der Waals surface area contributed by atoms with Crippen LogP contribution in [0.3, 0.4) is 0 Å². The molecule has 0 saturated heterocycles. The third kappa shape index (κ3) is 2.81. The van der Waals surface area contributed by atoms with Crippen molar-refractivity contribution in [1.82, 2.24) is 5.32 Å². The molecule has 76 valence electrons. The van der Waals surface area contributed by atoms with Crippen LogP contribution in [0.1, 0.15) is 18.4 Å². The van der Waals surface area contributed by atoms with Crippen LogP contribution in [-0.4, -0.2) is 5.91 Å². The van der Waals surface area contributed by atoms with E-state index in [1.54, 1.807) is 0 Å². The van der Waals surface area contributed by atoms with E-state index in [2.05, 4.69) is 5.32 Å². The van der Waals surface area contributed by atoms with Gasteiger partial charge in [0.15, 0.2) is 0 Å². The number of rotatable bonds is 2. The summed E-state index contributed by atoms with van der Waals surface area (Å²) < 4.78 is 0. The van der Waals surface area contributed by atoms with Gasteiger partial charge < -0.3 is 5.32 Å². The number of amides is 1. The van der Waals surface area contributed by atoms with Crippen LogP contribution in [0.4, 0.5) is 0 Å². The van der Waals surface area contributed by atoms with E-state index in [1.165, 1.54) is 0 Å². The molecule has 2 nitrogen and oxygen atoms in total. The normalized spacial score (nSPS) is 16.3. The predicted octanol–water partition coefficient (Wildman–Crippen LogP) is 2.49. The lowest BCUT2D eigenvalue weighted by Gasteiger charge is -2.10. The maximum Gasteiger partial charge on any atom is 0.224 e. The zero-order valence-corrected chi connectivity index (χ0v) is 8.44. The van der Waals surface area contributed by atoms with E-state index in [1.807, 2.05) is 48.6 Å². The molecule has 1 aromatic rings. The number of hydrogen-bond acceptors (Lipinski definition) is 1. The molecule has 1 amide bonds. The fraction of sp³-hybridized carbons (Fsp3) is 0.154. The summed E-state index contributed by atoms with van der Waals surface area (Å²) in [6.07, 6.45) is 7.41. The van der Waals surface area contributed by atoms with Crippen LogP contribution < -0.4 is 5.32 Å². The molecule has 0 spiro atoms. The topological polar surface area (TPSA) is 29.1 Å². The minimum absolute atomic E-state index is 0.102. The van der Waals surface area contributed by atoms with E-state index < -0.39 is 0 Å². The van der Waals surface area contributed by atoms with Gasteiger partial charge in [-0.15, -0.1) is 0 Å². The smallest absolute Gasteiger partial charge is 0.224 e. The summed E-state index contributed by atoms with van der Waals surface area (Å²) in [5, 5.41) is 2.82. The van der Waals surface area contributed by atoms with Crippen molar-refractivity contribution in [3.8, 4) is 0 Å². The van der Waals surface area contributed by atoms with Gasteiger partial charge in [-0.25, -0.2) is 0 Å². The molecule has 0 fully saturated rings. The molecule has 1 aliphatic heterocycles. The number of benzene rings is 1. The summed E-state index contributed by atoms with van der Waals surface area (Å²) in [4.78, 5) is 11.1. The summed E-state index contributed by atoms with van der Waals surface area (Å²) in [5.74, 6) is 0.102. The molecule has 0 unspecified atom stereocenters. The first-order valence-electron chi connectivity index (χ1n) is 5.08. The van der Waals surface area contributed by atoms with Crippen LogP contribution in [0, 0.1) is 0 Å². The molecule has 0 radical (unpaired) electrons. The van der Waals surface area contributed by atoms with E-state index >= 15 is 0 Å². The Bertz CT molecular complexity index is 404. The highest BCUT2D eigenvalue weighted by Gasteiger charge is 2.06. The van der Waals surface area contributed by atoms with Gasteiger partial charge in [-0.2, -0.15) is 0 Å². The van der Waals surface area contributed by atoms with Crippen molar-refractivity contribution >= 4 is 12.0 Å². The van der Waals surface area contributed by atoms with Crippen molar-refractivity contribution in [1.29, 1.82) is 0 Å². The lowest BCUT2D eigenvalue weighted by Crippen LogP contribution is -2.24. The molecule has 1 aliphatic rings. The van der Waals surface area contributed by atoms with Gasteiger partial charge in [-0.1, -0.05) is 42.5 Å². The molecule has 1 N–H and O–H groups in total. The lowest BCUT2D eigenvalue weighted by molar-refractivity contribution is -0.120. The first-order chi connectivity index (χ1) is 7.34. The minimum atomic E-state index is 0.102. The fourth-order valence-electron chi connectivity index (χ4n) is 1.49. The van der Waals surface area contributed by atoms with Gasteiger partial charge in [0.2, 0.25) is 5.91 Å². The quantitative estimate of drug-likeness (QED) is 0.779. The predicted molar refractivity (Wildman–Crippen MR) is 60.9 cm³/mol. The van der Waals surface area contributed by atoms with Gasteiger partial charge in [0, 0.05) is 12.1 Å². The zero-order valence-electron chi connectivity index (χ0n) is 8.44. The Morgan fingerprint density at radius 2 is 1.93 bits per heavy atom. The number of hydrogen-bond donors (Lipinski definition) is 1. The third-order valence-corrected chi connectivity index (χ3v) is 2.27. The summed E-state index contributed by atoms with van der Waals surface area (Å²) in [7, 11) is 0. The van der Waals surface area contributed by atoms with Gasteiger partial charge in [0.1, 0.15) is 0 Å². The van der Waals surface area contributed by atoms with Crippen LogP contribution in [0.25, 0.3) is 6.08 Å². The molecule has 0 aromatic heterocycles. The van der Waals surface area contributed by atoms with Crippen molar-refractivity contribution in [3.63, 3.8) is 0 Å². The van der Waals surface area contributed by atoms with Crippen LogP contribution in [0.5, 0.6) is 0 Å². The molecular formula is C13H13NO. The molecule has 0 saturated carbocycles. The molecule has 2 rings (SSSR count). The van der Waals surface area contributed by atoms with E-state index in [4.69, 9.17) is 0 Å². The number of carbonyl (C=O) groups is 1. The lowest BCUT2D eigenvalue weighted by atomic mass is 10.1. The number of allylic oxidation sites excluding steroid dienone is 2. The maximum atomic E-state index is 11.1. The highest BCUT2D eigenvalue weighted by atomic mass is 16.1. The van der Waals surface area contributed by atoms with Gasteiger partial charge in [-0.3, -0.25) is 4.79 Å². The first kappa shape index (κ1) is 9.71. The summed E-state index contributed by atoms with van der Waals surface area (Å²) in [6.45, 7) is 0. The van der Waals surface area contributed by atoms with Crippen molar-refractivity contribution in [2.45, 2.75) is 12.8 Å². The summed E-state index contributed by atoms with van der Waals surface area (Å²) in [6, 6.07) is 10.0. The second kappa shape index (κ2) is 4.60. The monoisotopic (exact) mass is 199 g/mol. The largest absolute Gasteiger partial charge is 0.326 e. The first-order valence-corrected chi connectivity index (χ1v) is 5.08. The maximum absolute atomic E-state index is 11.1. The van der Waals surface area contributed by atoms with Crippen LogP contribution in [-0.2, 0) is 4.79 Å². The highest BCUT2D eigenvalue weighted by molar-refractivity contribution is 5.80. The Morgan fingerprint density at radius 1 is 1.13 bits per heavy atom. The Morgan fingerprint density at radius 3 is 2.67 bits per heavy atom. The van der Waals surface area contributed by atoms with Gasteiger partial charge in [-0.05, 0) is 18.1 Å². The van der Waals surface area contributed by atoms with Gasteiger partial charge in [0.25, 0.3) is 0 Å². The van der Waals surface area contributed by atoms with Gasteiger partial charge in [0.05, 0.1) is 0 Å². The highest BCUT2D eigenvalue weighted by Crippen LogP contribution is 2.08. The van der Waals surface area contributed by atoms with Crippen molar-refractivity contribution in [2.75, 3.05) is 0 Å². The van der Waals surface area contributed by atoms with E-state index in [0.29, 0.717) is 6.42 Å². The Labute approximate surface area is 89.3 Å². The number of nitrogens with one attached hydrogen (secondary N) is 1. The second-order valence-electron chi connectivity index (χ2n) is 3.49. The molecule has 0 atom stereocenters. The van der Waals surface area contributed by atoms with Crippen LogP contribution in [0.2, 0.25) is 0 Å². The van der Waals surface area contributed by atoms with E-state index in [0.717, 1.165) is 17.7 Å². The SMILES string of the molecule is O=C1CCC=C(/C=C/c2ccccc2)N1. The molecule has 15 heavy (non-hydrogen) atoms. The molecule has 0 bridgehead atoms. The fourth-order valence-corrected chi connectivity index (χ4v) is 1.49. The average molecular weight is 199 g/mol. The van der Waals surface area contributed by atoms with E-state index in [9.17, 15) is 4.79 Å². The molecule has 2 heteroatoms. The van der Waals surface area contributed by atoms with Crippen molar-refractivity contribution < 1.29 is 4.79 Å². The molecular weight excluding hydrogens is 186 g/mol. The minimum Gasteiger partial charge on any atom is -0.326 e. The van der Waals surface area contributed by atoms with Crippen molar-refractivity contribution in [2.24, 2.45) is 0 Å². The Balaban J connectivity index is 2.06. The molecule has 0 aliphatic carbocycles. The summed E-state index contributed by atoms with van der Waals surface area (Å²) >= 11 is 0. The molecule has 1 heterocycles. The van der Waals surface area contributed by atoms with E-state index in [-0.39, 0.29) is 5.91 Å². The average Bonchev–Trinajstić information content (AvgIpc) is 2.28. The van der Waals surface area contributed by atoms with Gasteiger partial charge >= 0.3 is 0 Å². The third-order valence-electron chi connectivity index (χ3n) is 2.27. The van der Waals surface area contributed by atoms with Crippen LogP contribution in [0.15, 0.2) is 48.2 Å².